The molecule has 0 bridgehead atoms. The Morgan fingerprint density at radius 1 is 1.04 bits per heavy atom. The number of hydrogen-bond donors (Lipinski definition) is 2. The molecule has 0 aliphatic carbocycles. The van der Waals surface area contributed by atoms with Crippen molar-refractivity contribution in [3.63, 3.8) is 0 Å². The van der Waals surface area contributed by atoms with Gasteiger partial charge >= 0.3 is 0 Å². The summed E-state index contributed by atoms with van der Waals surface area (Å²) in [5, 5.41) is 8.00. The summed E-state index contributed by atoms with van der Waals surface area (Å²) in [6.45, 7) is 7.77. The second-order valence-electron chi connectivity index (χ2n) is 6.93. The lowest BCUT2D eigenvalue weighted by molar-refractivity contribution is 0.559. The van der Waals surface area contributed by atoms with E-state index in [0.29, 0.717) is 6.42 Å². The topological polar surface area (TPSA) is 118 Å². The van der Waals surface area contributed by atoms with Crippen molar-refractivity contribution in [3.8, 4) is 0 Å². The molecule has 0 saturated carbocycles. The van der Waals surface area contributed by atoms with Crippen molar-refractivity contribution in [2.45, 2.75) is 43.7 Å². The van der Waals surface area contributed by atoms with E-state index in [0.717, 1.165) is 21.9 Å². The fraction of sp³-hybridized carbons (Fsp3) is 0.500. The average Bonchev–Trinajstić information content (AvgIpc) is 3.04. The van der Waals surface area contributed by atoms with Crippen LogP contribution < -0.4 is 9.44 Å². The molecule has 0 aliphatic rings. The quantitative estimate of drug-likeness (QED) is 0.660. The Hall–Kier alpha value is -1.56. The van der Waals surface area contributed by atoms with Crippen molar-refractivity contribution in [1.29, 1.82) is 0 Å². The number of hydrogen-bond acceptors (Lipinski definition) is 7. The minimum absolute atomic E-state index is 0.00995. The molecule has 2 N–H and O–H groups in total. The van der Waals surface area contributed by atoms with E-state index in [2.05, 4.69) is 19.6 Å². The molecule has 0 unspecified atom stereocenters. The monoisotopic (exact) mass is 432 g/mol. The van der Waals surface area contributed by atoms with Crippen LogP contribution in [0.2, 0.25) is 0 Å². The number of aromatic nitrogens is 2. The summed E-state index contributed by atoms with van der Waals surface area (Å²) in [7, 11) is -7.03. The number of nitrogens with one attached hydrogen (secondary N) is 2. The van der Waals surface area contributed by atoms with Gasteiger partial charge in [0.15, 0.2) is 5.82 Å². The van der Waals surface area contributed by atoms with Crippen LogP contribution >= 0.6 is 11.3 Å². The van der Waals surface area contributed by atoms with Crippen LogP contribution in [0.5, 0.6) is 0 Å². The first-order valence-electron chi connectivity index (χ1n) is 8.36. The van der Waals surface area contributed by atoms with Crippen LogP contribution in [0.15, 0.2) is 28.5 Å². The van der Waals surface area contributed by atoms with E-state index in [9.17, 15) is 16.8 Å². The zero-order chi connectivity index (χ0) is 20.3. The molecule has 8 nitrogen and oxygen atoms in total. The number of nitrogens with zero attached hydrogens (tertiary/aromatic N) is 2. The van der Waals surface area contributed by atoms with Gasteiger partial charge in [-0.3, -0.25) is 4.72 Å². The largest absolute Gasteiger partial charge is 0.272 e. The Balaban J connectivity index is 2.04. The summed E-state index contributed by atoms with van der Waals surface area (Å²) in [4.78, 5) is 0.767. The summed E-state index contributed by atoms with van der Waals surface area (Å²) < 4.78 is 52.8. The van der Waals surface area contributed by atoms with Crippen LogP contribution in [-0.4, -0.2) is 39.3 Å². The summed E-state index contributed by atoms with van der Waals surface area (Å²) in [5.41, 5.74) is 0.588. The molecule has 2 aromatic heterocycles. The number of sulfonamides is 2. The maximum absolute atomic E-state index is 12.5. The lowest BCUT2D eigenvalue weighted by Crippen LogP contribution is -2.27. The average molecular weight is 433 g/mol. The fourth-order valence-corrected chi connectivity index (χ4v) is 5.01. The van der Waals surface area contributed by atoms with Crippen molar-refractivity contribution in [1.82, 2.24) is 14.9 Å². The molecular weight excluding hydrogens is 408 g/mol. The molecule has 2 aromatic rings. The van der Waals surface area contributed by atoms with Gasteiger partial charge in [-0.15, -0.1) is 16.4 Å². The minimum atomic E-state index is -3.77. The van der Waals surface area contributed by atoms with E-state index in [1.165, 1.54) is 6.07 Å². The highest BCUT2D eigenvalue weighted by Crippen LogP contribution is 2.24. The minimum Gasteiger partial charge on any atom is -0.261 e. The first kappa shape index (κ1) is 21.7. The van der Waals surface area contributed by atoms with E-state index >= 15 is 0 Å². The molecule has 0 radical (unpaired) electrons. The van der Waals surface area contributed by atoms with Crippen LogP contribution in [-0.2, 0) is 31.9 Å². The van der Waals surface area contributed by atoms with E-state index in [1.54, 1.807) is 25.1 Å². The molecule has 27 heavy (non-hydrogen) atoms. The third-order valence-corrected chi connectivity index (χ3v) is 8.04. The van der Waals surface area contributed by atoms with Crippen molar-refractivity contribution in [2.24, 2.45) is 0 Å². The molecule has 0 aliphatic heterocycles. The fourth-order valence-electron chi connectivity index (χ4n) is 2.04. The van der Waals surface area contributed by atoms with Gasteiger partial charge in [0.05, 0.1) is 11.4 Å². The second-order valence-corrected chi connectivity index (χ2v) is 12.1. The molecule has 150 valence electrons. The van der Waals surface area contributed by atoms with Gasteiger partial charge in [-0.25, -0.2) is 21.6 Å². The van der Waals surface area contributed by atoms with E-state index in [4.69, 9.17) is 0 Å². The van der Waals surface area contributed by atoms with E-state index < -0.39 is 20.0 Å². The maximum Gasteiger partial charge on any atom is 0.272 e. The van der Waals surface area contributed by atoms with Gasteiger partial charge < -0.3 is 0 Å². The molecule has 0 spiro atoms. The van der Waals surface area contributed by atoms with Crippen LogP contribution in [0.1, 0.15) is 38.3 Å². The highest BCUT2D eigenvalue weighted by Gasteiger charge is 2.20. The third-order valence-electron chi connectivity index (χ3n) is 3.65. The number of anilines is 1. The van der Waals surface area contributed by atoms with Gasteiger partial charge in [-0.05, 0) is 37.6 Å². The molecule has 0 atom stereocenters. The van der Waals surface area contributed by atoms with Gasteiger partial charge in [0.2, 0.25) is 10.0 Å². The Morgan fingerprint density at radius 3 is 2.30 bits per heavy atom. The van der Waals surface area contributed by atoms with Gasteiger partial charge in [-0.1, -0.05) is 20.8 Å². The van der Waals surface area contributed by atoms with Crippen molar-refractivity contribution in [3.05, 3.63) is 34.8 Å². The van der Waals surface area contributed by atoms with Crippen LogP contribution in [0.25, 0.3) is 0 Å². The SMILES string of the molecule is CCS(=O)(=O)NCCc1ccc(S(=O)(=O)Nc2ccc(C(C)(C)C)nn2)s1. The van der Waals surface area contributed by atoms with Crippen molar-refractivity contribution >= 4 is 37.2 Å². The van der Waals surface area contributed by atoms with Crippen molar-refractivity contribution in [2.75, 3.05) is 17.0 Å². The lowest BCUT2D eigenvalue weighted by atomic mass is 9.92. The van der Waals surface area contributed by atoms with E-state index in [1.807, 2.05) is 20.8 Å². The molecule has 0 amide bonds. The van der Waals surface area contributed by atoms with Crippen LogP contribution in [0.3, 0.4) is 0 Å². The first-order chi connectivity index (χ1) is 12.4. The van der Waals surface area contributed by atoms with Crippen LogP contribution in [0.4, 0.5) is 5.82 Å². The third kappa shape index (κ3) is 6.23. The molecular formula is C16H24N4O4S3. The molecule has 2 rings (SSSR count). The Kier molecular flexibility index (Phi) is 6.61. The van der Waals surface area contributed by atoms with Gasteiger partial charge in [0.1, 0.15) is 4.21 Å². The Bertz CT molecular complexity index is 975. The molecule has 11 heteroatoms. The van der Waals surface area contributed by atoms with Gasteiger partial charge in [0.25, 0.3) is 10.0 Å². The number of rotatable bonds is 8. The zero-order valence-electron chi connectivity index (χ0n) is 15.7. The predicted molar refractivity (Wildman–Crippen MR) is 107 cm³/mol. The molecule has 0 saturated heterocycles. The highest BCUT2D eigenvalue weighted by atomic mass is 32.2. The summed E-state index contributed by atoms with van der Waals surface area (Å²) in [6.07, 6.45) is 0.416. The number of thiophene rings is 1. The molecule has 0 aromatic carbocycles. The highest BCUT2D eigenvalue weighted by molar-refractivity contribution is 7.94. The lowest BCUT2D eigenvalue weighted by Gasteiger charge is -2.16. The maximum atomic E-state index is 12.5. The van der Waals surface area contributed by atoms with Crippen LogP contribution in [0, 0.1) is 0 Å². The van der Waals surface area contributed by atoms with Gasteiger partial charge in [-0.2, -0.15) is 5.10 Å². The zero-order valence-corrected chi connectivity index (χ0v) is 18.1. The molecule has 0 fully saturated rings. The smallest absolute Gasteiger partial charge is 0.261 e. The Morgan fingerprint density at radius 2 is 1.74 bits per heavy atom. The normalized spacial score (nSPS) is 12.9. The summed E-state index contributed by atoms with van der Waals surface area (Å²) in [5.74, 6) is 0.157. The predicted octanol–water partition coefficient (Wildman–Crippen LogP) is 2.12. The standard InChI is InChI=1S/C16H24N4O4S3/c1-5-26(21,22)17-11-10-12-6-9-15(25-12)27(23,24)20-14-8-7-13(18-19-14)16(2,3)4/h6-9,17H,5,10-11H2,1-4H3,(H,19,20). The van der Waals surface area contributed by atoms with Gasteiger partial charge in [0, 0.05) is 16.8 Å². The summed E-state index contributed by atoms with van der Waals surface area (Å²) >= 11 is 1.09. The van der Waals surface area contributed by atoms with E-state index in [-0.39, 0.29) is 27.7 Å². The first-order valence-corrected chi connectivity index (χ1v) is 12.3. The summed E-state index contributed by atoms with van der Waals surface area (Å²) in [6, 6.07) is 6.49. The Labute approximate surface area is 164 Å². The van der Waals surface area contributed by atoms with Crippen molar-refractivity contribution < 1.29 is 16.8 Å². The molecule has 2 heterocycles. The second kappa shape index (κ2) is 8.21.